The van der Waals surface area contributed by atoms with Gasteiger partial charge in [0.1, 0.15) is 0 Å². The van der Waals surface area contributed by atoms with Crippen molar-refractivity contribution >= 4 is 22.7 Å². The van der Waals surface area contributed by atoms with Crippen LogP contribution in [0.15, 0.2) is 79.0 Å². The Morgan fingerprint density at radius 3 is 2.36 bits per heavy atom. The second-order valence-electron chi connectivity index (χ2n) is 5.57. The molecule has 0 atom stereocenters. The van der Waals surface area contributed by atoms with E-state index in [4.69, 9.17) is 0 Å². The first kappa shape index (κ1) is 17.0. The first-order valence-electron chi connectivity index (χ1n) is 8.18. The highest BCUT2D eigenvalue weighted by Crippen LogP contribution is 2.13. The van der Waals surface area contributed by atoms with Crippen LogP contribution in [-0.4, -0.2) is 4.98 Å². The molecule has 1 aliphatic heterocycles. The molecule has 2 N–H and O–H groups in total. The second-order valence-corrected chi connectivity index (χ2v) is 6.54. The Morgan fingerprint density at radius 1 is 1.00 bits per heavy atom. The molecule has 3 aromatic rings. The summed E-state index contributed by atoms with van der Waals surface area (Å²) in [5, 5.41) is 2.47. The summed E-state index contributed by atoms with van der Waals surface area (Å²) in [5.74, 6) is 0. The van der Waals surface area contributed by atoms with E-state index in [9.17, 15) is 0 Å². The number of benzene rings is 2. The minimum Gasteiger partial charge on any atom is -0.304 e. The fourth-order valence-corrected chi connectivity index (χ4v) is 3.32. The van der Waals surface area contributed by atoms with Gasteiger partial charge in [-0.15, -0.1) is 17.9 Å². The summed E-state index contributed by atoms with van der Waals surface area (Å²) in [5.41, 5.74) is 12.1. The van der Waals surface area contributed by atoms with E-state index in [0.717, 1.165) is 12.1 Å². The fraction of sp³-hybridized carbons (Fsp3) is 0.0952. The maximum Gasteiger partial charge on any atom is 0.0794 e. The molecule has 0 spiro atoms. The smallest absolute Gasteiger partial charge is 0.0794 e. The number of rotatable bonds is 3. The quantitative estimate of drug-likeness (QED) is 0.715. The molecule has 3 nitrogen and oxygen atoms in total. The molecule has 4 heteroatoms. The molecule has 2 heterocycles. The minimum atomic E-state index is 0.858. The summed E-state index contributed by atoms with van der Waals surface area (Å²) in [6.45, 7) is 5.25. The molecule has 0 radical (unpaired) electrons. The molecule has 0 amide bonds. The Kier molecular flexibility index (Phi) is 5.65. The second kappa shape index (κ2) is 8.31. The number of nitrogens with one attached hydrogen (secondary N) is 2. The number of nitrogens with zero attached hydrogens (tertiary/aromatic N) is 1. The van der Waals surface area contributed by atoms with Gasteiger partial charge >= 0.3 is 0 Å². The van der Waals surface area contributed by atoms with Gasteiger partial charge in [0.25, 0.3) is 0 Å². The van der Waals surface area contributed by atoms with Gasteiger partial charge in [-0.2, -0.15) is 0 Å². The van der Waals surface area contributed by atoms with E-state index in [1.807, 2.05) is 24.7 Å². The molecule has 1 aromatic heterocycles. The molecule has 0 aliphatic carbocycles. The number of allylic oxidation sites excluding steroid dienone is 1. The van der Waals surface area contributed by atoms with Crippen molar-refractivity contribution in [3.8, 4) is 0 Å². The van der Waals surface area contributed by atoms with Gasteiger partial charge in [-0.3, -0.25) is 10.4 Å². The topological polar surface area (TPSA) is 37.0 Å². The van der Waals surface area contributed by atoms with Crippen LogP contribution in [0.2, 0.25) is 0 Å². The normalized spacial score (nSPS) is 12.2. The predicted octanol–water partition coefficient (Wildman–Crippen LogP) is 2.95. The van der Waals surface area contributed by atoms with Crippen LogP contribution in [0.4, 0.5) is 0 Å². The zero-order valence-electron chi connectivity index (χ0n) is 14.2. The molecule has 2 aromatic carbocycles. The van der Waals surface area contributed by atoms with E-state index < -0.39 is 0 Å². The lowest BCUT2D eigenvalue weighted by Crippen LogP contribution is -2.47. The van der Waals surface area contributed by atoms with E-state index in [-0.39, 0.29) is 0 Å². The zero-order chi connectivity index (χ0) is 17.5. The van der Waals surface area contributed by atoms with Gasteiger partial charge in [-0.05, 0) is 6.92 Å². The molecule has 25 heavy (non-hydrogen) atoms. The van der Waals surface area contributed by atoms with Crippen molar-refractivity contribution < 1.29 is 0 Å². The number of fused-ring (bicyclic) bond motifs is 1. The standard InChI is InChI=1S/C18H15N3S.C3H6/c1-2-6-13(7-3-1)18-16-9-5-4-8-15(16)17(20-21-18)10-14-11-19-12-22-14;1-3-2/h1-9,11-12,20-21H,10H2;3H,1H2,2H3. The summed E-state index contributed by atoms with van der Waals surface area (Å²) in [7, 11) is 0. The van der Waals surface area contributed by atoms with Gasteiger partial charge in [0.05, 0.1) is 11.2 Å². The molecule has 1 aliphatic rings. The van der Waals surface area contributed by atoms with Crippen molar-refractivity contribution in [3.05, 3.63) is 99.8 Å². The molecule has 0 fully saturated rings. The van der Waals surface area contributed by atoms with Crippen molar-refractivity contribution in [1.82, 2.24) is 15.8 Å². The van der Waals surface area contributed by atoms with Crippen LogP contribution in [0.25, 0.3) is 11.4 Å². The van der Waals surface area contributed by atoms with Gasteiger partial charge < -0.3 is 5.43 Å². The molecule has 0 bridgehead atoms. The van der Waals surface area contributed by atoms with E-state index in [1.165, 1.54) is 26.6 Å². The molecule has 4 rings (SSSR count). The van der Waals surface area contributed by atoms with Gasteiger partial charge in [-0.1, -0.05) is 60.7 Å². The average Bonchev–Trinajstić information content (AvgIpc) is 3.17. The van der Waals surface area contributed by atoms with Crippen LogP contribution in [0.1, 0.15) is 17.4 Å². The third-order valence-electron chi connectivity index (χ3n) is 3.76. The molecule has 0 saturated carbocycles. The number of thiazole rings is 1. The third kappa shape index (κ3) is 3.98. The zero-order valence-corrected chi connectivity index (χ0v) is 15.0. The largest absolute Gasteiger partial charge is 0.304 e. The average molecular weight is 347 g/mol. The molecule has 0 saturated heterocycles. The van der Waals surface area contributed by atoms with Crippen LogP contribution < -0.4 is 21.3 Å². The Labute approximate surface area is 152 Å². The highest BCUT2D eigenvalue weighted by molar-refractivity contribution is 7.09. The first-order valence-corrected chi connectivity index (χ1v) is 9.06. The maximum atomic E-state index is 4.16. The van der Waals surface area contributed by atoms with Gasteiger partial charge in [0.2, 0.25) is 0 Å². The van der Waals surface area contributed by atoms with Crippen LogP contribution in [0, 0.1) is 0 Å². The van der Waals surface area contributed by atoms with Crippen LogP contribution in [0.5, 0.6) is 0 Å². The maximum absolute atomic E-state index is 4.16. The molecular weight excluding hydrogens is 326 g/mol. The van der Waals surface area contributed by atoms with Crippen molar-refractivity contribution in [2.75, 3.05) is 0 Å². The van der Waals surface area contributed by atoms with Crippen molar-refractivity contribution in [3.63, 3.8) is 0 Å². The Hall–Kier alpha value is -2.85. The van der Waals surface area contributed by atoms with Crippen molar-refractivity contribution in [2.45, 2.75) is 13.3 Å². The fourth-order valence-electron chi connectivity index (χ4n) is 2.71. The molecule has 0 unspecified atom stereocenters. The third-order valence-corrected chi connectivity index (χ3v) is 4.54. The van der Waals surface area contributed by atoms with E-state index in [1.54, 1.807) is 17.4 Å². The summed E-state index contributed by atoms with van der Waals surface area (Å²) in [4.78, 5) is 5.41. The highest BCUT2D eigenvalue weighted by Gasteiger charge is 2.12. The number of hydrogen-bond acceptors (Lipinski definition) is 4. The molecule has 126 valence electrons. The Morgan fingerprint density at radius 2 is 1.68 bits per heavy atom. The summed E-state index contributed by atoms with van der Waals surface area (Å²) < 4.78 is 0. The predicted molar refractivity (Wildman–Crippen MR) is 106 cm³/mol. The van der Waals surface area contributed by atoms with Gasteiger partial charge in [0, 0.05) is 39.2 Å². The SMILES string of the molecule is C=CC.c1ccc(C2=c3ccccc3=C(Cc3cncs3)NN2)cc1. The van der Waals surface area contributed by atoms with Gasteiger partial charge in [0.15, 0.2) is 0 Å². The van der Waals surface area contributed by atoms with Crippen LogP contribution in [0.3, 0.4) is 0 Å². The van der Waals surface area contributed by atoms with E-state index >= 15 is 0 Å². The van der Waals surface area contributed by atoms with E-state index in [0.29, 0.717) is 0 Å². The Balaban J connectivity index is 0.000000569. The number of hydrazine groups is 1. The summed E-state index contributed by atoms with van der Waals surface area (Å²) in [6, 6.07) is 18.9. The monoisotopic (exact) mass is 347 g/mol. The minimum absolute atomic E-state index is 0.858. The van der Waals surface area contributed by atoms with E-state index in [2.05, 4.69) is 70.9 Å². The number of hydrogen-bond donors (Lipinski definition) is 2. The summed E-state index contributed by atoms with van der Waals surface area (Å²) in [6.07, 6.45) is 4.54. The lowest BCUT2D eigenvalue weighted by molar-refractivity contribution is 0.773. The lowest BCUT2D eigenvalue weighted by Gasteiger charge is -2.21. The lowest BCUT2D eigenvalue weighted by atomic mass is 10.0. The van der Waals surface area contributed by atoms with Crippen LogP contribution >= 0.6 is 11.3 Å². The van der Waals surface area contributed by atoms with Crippen LogP contribution in [-0.2, 0) is 6.42 Å². The highest BCUT2D eigenvalue weighted by atomic mass is 32.1. The Bertz CT molecular complexity index is 944. The molecular formula is C21H21N3S. The van der Waals surface area contributed by atoms with Gasteiger partial charge in [-0.25, -0.2) is 0 Å². The summed E-state index contributed by atoms with van der Waals surface area (Å²) >= 11 is 1.68. The van der Waals surface area contributed by atoms with Crippen molar-refractivity contribution in [2.24, 2.45) is 0 Å². The van der Waals surface area contributed by atoms with Crippen molar-refractivity contribution in [1.29, 1.82) is 0 Å². The number of aromatic nitrogens is 1. The first-order chi connectivity index (χ1) is 12.3.